The summed E-state index contributed by atoms with van der Waals surface area (Å²) in [5, 5.41) is 0. The Hall–Kier alpha value is -2.12. The summed E-state index contributed by atoms with van der Waals surface area (Å²) in [6.45, 7) is 12.4. The van der Waals surface area contributed by atoms with Gasteiger partial charge in [-0.3, -0.25) is 9.59 Å². The smallest absolute Gasteiger partial charge is 0.344 e. The number of methoxy groups -OCH3 is 1. The van der Waals surface area contributed by atoms with Gasteiger partial charge in [0.2, 0.25) is 0 Å². The number of hydrogen-bond acceptors (Lipinski definition) is 7. The molecule has 0 unspecified atom stereocenters. The molecule has 1 aromatic rings. The molecule has 0 saturated heterocycles. The number of ketones is 1. The maximum Gasteiger partial charge on any atom is 0.344 e. The van der Waals surface area contributed by atoms with Gasteiger partial charge in [-0.15, -0.1) is 18.3 Å². The van der Waals surface area contributed by atoms with Gasteiger partial charge in [0.05, 0.1) is 11.9 Å². The van der Waals surface area contributed by atoms with Crippen LogP contribution in [0.25, 0.3) is 0 Å². The monoisotopic (exact) mass is 542 g/mol. The highest BCUT2D eigenvalue weighted by molar-refractivity contribution is 8.00. The summed E-state index contributed by atoms with van der Waals surface area (Å²) in [4.78, 5) is 40.0. The van der Waals surface area contributed by atoms with E-state index in [2.05, 4.69) is 34.3 Å². The number of ether oxygens (including phenoxy) is 3. The number of esters is 2. The molecule has 4 rings (SSSR count). The number of carbonyl (C=O) groups excluding carboxylic acids is 3. The maximum absolute atomic E-state index is 13.6. The Morgan fingerprint density at radius 2 is 1.84 bits per heavy atom. The highest BCUT2D eigenvalue weighted by Crippen LogP contribution is 2.68. The average molecular weight is 543 g/mol. The van der Waals surface area contributed by atoms with Crippen LogP contribution in [0.1, 0.15) is 59.8 Å². The largest absolute Gasteiger partial charge is 0.459 e. The molecule has 3 aliphatic carbocycles. The minimum atomic E-state index is -0.586. The van der Waals surface area contributed by atoms with Crippen LogP contribution < -0.4 is 0 Å². The van der Waals surface area contributed by atoms with E-state index in [1.165, 1.54) is 11.8 Å². The van der Waals surface area contributed by atoms with Gasteiger partial charge in [0.15, 0.2) is 6.61 Å². The first-order valence-corrected chi connectivity index (χ1v) is 14.7. The zero-order valence-electron chi connectivity index (χ0n) is 23.4. The normalized spacial score (nSPS) is 38.4. The number of Topliss-reactive ketones (excluding diaryl/α,β-unsaturated/α-hetero) is 1. The van der Waals surface area contributed by atoms with Crippen LogP contribution in [-0.2, 0) is 28.6 Å². The van der Waals surface area contributed by atoms with E-state index in [0.717, 1.165) is 24.2 Å². The summed E-state index contributed by atoms with van der Waals surface area (Å²) < 4.78 is 17.6. The lowest BCUT2D eigenvalue weighted by molar-refractivity contribution is -0.211. The Labute approximate surface area is 231 Å². The Bertz CT molecular complexity index is 1060. The Morgan fingerprint density at radius 3 is 2.50 bits per heavy atom. The lowest BCUT2D eigenvalue weighted by atomic mass is 9.44. The van der Waals surface area contributed by atoms with Gasteiger partial charge in [-0.1, -0.05) is 52.0 Å². The lowest BCUT2D eigenvalue weighted by Gasteiger charge is -2.62. The highest BCUT2D eigenvalue weighted by atomic mass is 32.2. The van der Waals surface area contributed by atoms with Crippen LogP contribution >= 0.6 is 11.8 Å². The van der Waals surface area contributed by atoms with Crippen LogP contribution in [0.2, 0.25) is 0 Å². The van der Waals surface area contributed by atoms with Crippen molar-refractivity contribution in [1.82, 2.24) is 0 Å². The van der Waals surface area contributed by atoms with E-state index in [-0.39, 0.29) is 40.8 Å². The van der Waals surface area contributed by atoms with Crippen LogP contribution in [-0.4, -0.2) is 49.4 Å². The van der Waals surface area contributed by atoms with Crippen molar-refractivity contribution in [2.45, 2.75) is 76.9 Å². The average Bonchev–Trinajstić information content (AvgIpc) is 3.26. The van der Waals surface area contributed by atoms with Gasteiger partial charge in [-0.05, 0) is 55.1 Å². The fourth-order valence-electron chi connectivity index (χ4n) is 7.99. The van der Waals surface area contributed by atoms with Crippen molar-refractivity contribution < 1.29 is 28.6 Å². The fraction of sp³-hybridized carbons (Fsp3) is 0.645. The topological polar surface area (TPSA) is 78.9 Å². The van der Waals surface area contributed by atoms with E-state index in [1.807, 2.05) is 36.4 Å². The number of benzene rings is 1. The van der Waals surface area contributed by atoms with Crippen LogP contribution in [0, 0.1) is 34.0 Å². The molecule has 0 radical (unpaired) electrons. The zero-order valence-corrected chi connectivity index (χ0v) is 24.2. The predicted octanol–water partition coefficient (Wildman–Crippen LogP) is 5.88. The third-order valence-electron chi connectivity index (χ3n) is 10.2. The van der Waals surface area contributed by atoms with E-state index in [0.29, 0.717) is 12.8 Å². The van der Waals surface area contributed by atoms with Gasteiger partial charge >= 0.3 is 11.9 Å². The third kappa shape index (κ3) is 4.97. The zero-order chi connectivity index (χ0) is 27.7. The second kappa shape index (κ2) is 11.2. The first kappa shape index (κ1) is 28.9. The van der Waals surface area contributed by atoms with Crippen molar-refractivity contribution in [1.29, 1.82) is 0 Å². The number of carbonyl (C=O) groups is 3. The van der Waals surface area contributed by atoms with Gasteiger partial charge in [-0.2, -0.15) is 0 Å². The van der Waals surface area contributed by atoms with Crippen molar-refractivity contribution in [3.8, 4) is 0 Å². The second-order valence-corrected chi connectivity index (χ2v) is 13.1. The molecule has 38 heavy (non-hydrogen) atoms. The Kier molecular flexibility index (Phi) is 8.49. The lowest BCUT2D eigenvalue weighted by Crippen LogP contribution is -2.63. The summed E-state index contributed by atoms with van der Waals surface area (Å²) in [6.07, 6.45) is 5.03. The molecule has 0 aliphatic heterocycles. The summed E-state index contributed by atoms with van der Waals surface area (Å²) >= 11 is 1.36. The van der Waals surface area contributed by atoms with Crippen LogP contribution in [0.15, 0.2) is 47.9 Å². The molecule has 1 aromatic carbocycles. The van der Waals surface area contributed by atoms with E-state index < -0.39 is 35.5 Å². The minimum Gasteiger partial charge on any atom is -0.459 e. The van der Waals surface area contributed by atoms with Crippen LogP contribution in [0.3, 0.4) is 0 Å². The molecule has 0 aromatic heterocycles. The number of hydrogen-bond donors (Lipinski definition) is 0. The fourth-order valence-corrected chi connectivity index (χ4v) is 8.70. The molecule has 0 N–H and O–H groups in total. The second-order valence-electron chi connectivity index (χ2n) is 12.0. The van der Waals surface area contributed by atoms with Crippen molar-refractivity contribution >= 4 is 29.5 Å². The van der Waals surface area contributed by atoms with Crippen molar-refractivity contribution in [2.75, 3.05) is 19.5 Å². The maximum atomic E-state index is 13.6. The van der Waals surface area contributed by atoms with E-state index in [1.54, 1.807) is 7.11 Å². The summed E-state index contributed by atoms with van der Waals surface area (Å²) in [7, 11) is 1.73. The molecule has 7 heteroatoms. The molecule has 6 nitrogen and oxygen atoms in total. The highest BCUT2D eigenvalue weighted by Gasteiger charge is 2.68. The Balaban J connectivity index is 1.56. The van der Waals surface area contributed by atoms with Gasteiger partial charge in [0, 0.05) is 35.2 Å². The number of rotatable bonds is 8. The predicted molar refractivity (Wildman–Crippen MR) is 148 cm³/mol. The molecule has 208 valence electrons. The van der Waals surface area contributed by atoms with Crippen molar-refractivity contribution in [3.05, 3.63) is 43.0 Å². The van der Waals surface area contributed by atoms with Crippen molar-refractivity contribution in [2.24, 2.45) is 34.0 Å². The molecular weight excluding hydrogens is 500 g/mol. The minimum absolute atomic E-state index is 0.108. The molecule has 3 aliphatic rings. The Morgan fingerprint density at radius 1 is 1.13 bits per heavy atom. The molecular formula is C31H42O6S. The third-order valence-corrected chi connectivity index (χ3v) is 11.2. The summed E-state index contributed by atoms with van der Waals surface area (Å²) in [5.74, 6) is -0.547. The quantitative estimate of drug-likeness (QED) is 0.230. The van der Waals surface area contributed by atoms with Crippen LogP contribution in [0.5, 0.6) is 0 Å². The van der Waals surface area contributed by atoms with E-state index >= 15 is 0 Å². The van der Waals surface area contributed by atoms with Gasteiger partial charge in [-0.25, -0.2) is 4.79 Å². The first-order valence-electron chi connectivity index (χ1n) is 13.7. The number of thioether (sulfide) groups is 1. The van der Waals surface area contributed by atoms with E-state index in [4.69, 9.17) is 14.2 Å². The van der Waals surface area contributed by atoms with Crippen LogP contribution in [0.4, 0.5) is 0 Å². The van der Waals surface area contributed by atoms with E-state index in [9.17, 15) is 14.4 Å². The molecule has 0 amide bonds. The summed E-state index contributed by atoms with van der Waals surface area (Å²) in [5.41, 5.74) is -1.20. The molecule has 3 saturated carbocycles. The van der Waals surface area contributed by atoms with Gasteiger partial charge < -0.3 is 14.2 Å². The molecule has 0 heterocycles. The SMILES string of the molecule is C=C[C@]1(C)C[C@@H](OC(=O)COC(=O)CSc2ccccc2)[C@]2(C)[C@H](C)CC[C@]3(CCC(=O)[C@H]32)[C@@H](C)[C@@H]1OC. The molecule has 0 spiro atoms. The molecule has 2 bridgehead atoms. The standard InChI is InChI=1S/C31H42O6S/c1-7-29(4)17-24(37-25(33)18-36-26(34)19-38-22-11-9-8-10-12-22)30(5)20(2)13-15-31(21(3)28(29)35-6)16-14-23(32)27(30)31/h7-12,20-21,24,27-28H,1,13-19H2,2-6H3/t20-,21+,24-,27+,28+,29-,30+,31+/m1/s1. The molecule has 3 fully saturated rings. The van der Waals surface area contributed by atoms with Crippen molar-refractivity contribution in [3.63, 3.8) is 0 Å². The molecule has 8 atom stereocenters. The first-order chi connectivity index (χ1) is 18.0. The van der Waals surface area contributed by atoms with Gasteiger partial charge in [0.1, 0.15) is 11.9 Å². The summed E-state index contributed by atoms with van der Waals surface area (Å²) in [6, 6.07) is 9.56. The van der Waals surface area contributed by atoms with Gasteiger partial charge in [0.25, 0.3) is 0 Å².